The molecular weight excluding hydrogens is 452 g/mol. The number of fused-ring (bicyclic) bond motifs is 1. The molecular formula is C28H24N6O2. The molecule has 3 aromatic carbocycles. The van der Waals surface area contributed by atoms with Crippen molar-refractivity contribution in [2.75, 3.05) is 0 Å². The molecule has 0 bridgehead atoms. The van der Waals surface area contributed by atoms with Crippen molar-refractivity contribution in [3.8, 4) is 11.4 Å². The lowest BCUT2D eigenvalue weighted by Gasteiger charge is -2.07. The molecule has 8 heteroatoms. The number of para-hydroxylation sites is 1. The highest BCUT2D eigenvalue weighted by Crippen LogP contribution is 2.35. The van der Waals surface area contributed by atoms with Gasteiger partial charge in [-0.1, -0.05) is 35.9 Å². The molecule has 2 aromatic heterocycles. The van der Waals surface area contributed by atoms with Gasteiger partial charge in [0.25, 0.3) is 5.56 Å². The standard InChI is InChI=1S/C28H24N6O2/c1-18-11-13-21(14-12-18)31-32-24-16-20(27(35)26-23(24)10-7-15-29-26)17-30-25-19(2)33(3)34(28(25)36)22-8-5-4-6-9-22/h4-17,35H,1-3H3. The monoisotopic (exact) mass is 476 g/mol. The summed E-state index contributed by atoms with van der Waals surface area (Å²) in [5, 5.41) is 20.4. The molecule has 0 saturated heterocycles. The van der Waals surface area contributed by atoms with Gasteiger partial charge in [0.2, 0.25) is 0 Å². The molecule has 5 aromatic rings. The number of azo groups is 1. The zero-order chi connectivity index (χ0) is 25.2. The van der Waals surface area contributed by atoms with Crippen LogP contribution in [0.5, 0.6) is 5.75 Å². The molecule has 0 amide bonds. The number of aryl methyl sites for hydroxylation is 1. The molecule has 0 aliphatic carbocycles. The quantitative estimate of drug-likeness (QED) is 0.241. The first kappa shape index (κ1) is 22.9. The number of aliphatic imine (C=N–C) groups is 1. The molecule has 0 radical (unpaired) electrons. The predicted molar refractivity (Wildman–Crippen MR) is 142 cm³/mol. The zero-order valence-electron chi connectivity index (χ0n) is 20.1. The lowest BCUT2D eigenvalue weighted by molar-refractivity contribution is 0.479. The summed E-state index contributed by atoms with van der Waals surface area (Å²) in [6.07, 6.45) is 3.07. The van der Waals surface area contributed by atoms with Crippen molar-refractivity contribution in [3.05, 3.63) is 106 Å². The lowest BCUT2D eigenvalue weighted by atomic mass is 10.1. The van der Waals surface area contributed by atoms with Crippen LogP contribution in [0.3, 0.4) is 0 Å². The Morgan fingerprint density at radius 2 is 1.69 bits per heavy atom. The number of aromatic hydroxyl groups is 1. The smallest absolute Gasteiger partial charge is 0.297 e. The number of hydrogen-bond acceptors (Lipinski definition) is 6. The number of benzene rings is 3. The van der Waals surface area contributed by atoms with Crippen LogP contribution in [0.15, 0.2) is 99.0 Å². The fourth-order valence-corrected chi connectivity index (χ4v) is 3.97. The molecule has 0 aliphatic heterocycles. The van der Waals surface area contributed by atoms with Gasteiger partial charge in [-0.25, -0.2) is 9.67 Å². The van der Waals surface area contributed by atoms with Crippen molar-refractivity contribution in [2.45, 2.75) is 13.8 Å². The third-order valence-electron chi connectivity index (χ3n) is 6.04. The molecule has 8 nitrogen and oxygen atoms in total. The Labute approximate surface area is 207 Å². The summed E-state index contributed by atoms with van der Waals surface area (Å²) < 4.78 is 3.32. The van der Waals surface area contributed by atoms with E-state index in [2.05, 4.69) is 20.2 Å². The second kappa shape index (κ2) is 9.42. The van der Waals surface area contributed by atoms with E-state index in [0.29, 0.717) is 33.5 Å². The molecule has 0 spiro atoms. The van der Waals surface area contributed by atoms with Crippen LogP contribution < -0.4 is 5.56 Å². The van der Waals surface area contributed by atoms with E-state index in [1.54, 1.807) is 27.7 Å². The Balaban J connectivity index is 1.59. The Morgan fingerprint density at radius 3 is 2.44 bits per heavy atom. The molecule has 0 atom stereocenters. The van der Waals surface area contributed by atoms with Crippen LogP contribution in [0, 0.1) is 13.8 Å². The van der Waals surface area contributed by atoms with Gasteiger partial charge in [-0.15, -0.1) is 5.11 Å². The summed E-state index contributed by atoms with van der Waals surface area (Å²) >= 11 is 0. The van der Waals surface area contributed by atoms with Crippen LogP contribution in [0.25, 0.3) is 16.6 Å². The van der Waals surface area contributed by atoms with Crippen LogP contribution in [-0.4, -0.2) is 25.7 Å². The topological polar surface area (TPSA) is 97.1 Å². The van der Waals surface area contributed by atoms with Crippen molar-refractivity contribution in [2.24, 2.45) is 22.3 Å². The van der Waals surface area contributed by atoms with Crippen molar-refractivity contribution in [3.63, 3.8) is 0 Å². The first-order chi connectivity index (χ1) is 17.4. The molecule has 178 valence electrons. The summed E-state index contributed by atoms with van der Waals surface area (Å²) in [7, 11) is 1.81. The van der Waals surface area contributed by atoms with Crippen LogP contribution in [0.4, 0.5) is 17.1 Å². The minimum atomic E-state index is -0.255. The minimum absolute atomic E-state index is 0.0411. The molecule has 5 rings (SSSR count). The maximum Gasteiger partial charge on any atom is 0.297 e. The highest BCUT2D eigenvalue weighted by Gasteiger charge is 2.16. The van der Waals surface area contributed by atoms with Crippen molar-refractivity contribution in [1.82, 2.24) is 14.3 Å². The molecule has 36 heavy (non-hydrogen) atoms. The molecule has 0 saturated carbocycles. The lowest BCUT2D eigenvalue weighted by Crippen LogP contribution is -2.19. The van der Waals surface area contributed by atoms with Gasteiger partial charge in [0.05, 0.1) is 22.8 Å². The Bertz CT molecular complexity index is 1680. The van der Waals surface area contributed by atoms with Gasteiger partial charge in [-0.3, -0.25) is 14.5 Å². The number of phenols is 1. The van der Waals surface area contributed by atoms with Gasteiger partial charge in [-0.2, -0.15) is 5.11 Å². The summed E-state index contributed by atoms with van der Waals surface area (Å²) in [5.74, 6) is -0.0411. The van der Waals surface area contributed by atoms with Crippen LogP contribution >= 0.6 is 0 Å². The minimum Gasteiger partial charge on any atom is -0.505 e. The van der Waals surface area contributed by atoms with E-state index in [1.807, 2.05) is 81.6 Å². The first-order valence-corrected chi connectivity index (χ1v) is 11.4. The average Bonchev–Trinajstić information content (AvgIpc) is 3.11. The van der Waals surface area contributed by atoms with E-state index in [-0.39, 0.29) is 17.0 Å². The number of pyridine rings is 1. The number of nitrogens with zero attached hydrogens (tertiary/aromatic N) is 6. The Kier molecular flexibility index (Phi) is 6.00. The van der Waals surface area contributed by atoms with Crippen molar-refractivity contribution in [1.29, 1.82) is 0 Å². The fourth-order valence-electron chi connectivity index (χ4n) is 3.97. The Hall–Kier alpha value is -4.85. The second-order valence-corrected chi connectivity index (χ2v) is 8.44. The molecule has 0 unspecified atom stereocenters. The van der Waals surface area contributed by atoms with E-state index in [4.69, 9.17) is 0 Å². The SMILES string of the molecule is Cc1ccc(N=Nc2cc(C=Nc3c(C)n(C)n(-c4ccccc4)c3=O)c(O)c3ncccc23)cc1. The third-order valence-corrected chi connectivity index (χ3v) is 6.04. The van der Waals surface area contributed by atoms with Crippen LogP contribution in [0.1, 0.15) is 16.8 Å². The molecule has 2 heterocycles. The summed E-state index contributed by atoms with van der Waals surface area (Å²) in [4.78, 5) is 22.0. The average molecular weight is 477 g/mol. The molecule has 0 fully saturated rings. The molecule has 0 aliphatic rings. The van der Waals surface area contributed by atoms with Crippen LogP contribution in [-0.2, 0) is 7.05 Å². The second-order valence-electron chi connectivity index (χ2n) is 8.44. The fraction of sp³-hybridized carbons (Fsp3) is 0.107. The third kappa shape index (κ3) is 4.20. The van der Waals surface area contributed by atoms with Gasteiger partial charge in [0.15, 0.2) is 11.4 Å². The predicted octanol–water partition coefficient (Wildman–Crippen LogP) is 6.21. The highest BCUT2D eigenvalue weighted by molar-refractivity contribution is 6.01. The zero-order valence-corrected chi connectivity index (χ0v) is 20.1. The van der Waals surface area contributed by atoms with E-state index in [1.165, 1.54) is 6.21 Å². The molecule has 1 N–H and O–H groups in total. The first-order valence-electron chi connectivity index (χ1n) is 11.4. The number of rotatable bonds is 5. The van der Waals surface area contributed by atoms with E-state index < -0.39 is 0 Å². The normalized spacial score (nSPS) is 11.8. The van der Waals surface area contributed by atoms with E-state index in [9.17, 15) is 9.90 Å². The number of phenolic OH excluding ortho intramolecular Hbond substituents is 1. The largest absolute Gasteiger partial charge is 0.505 e. The van der Waals surface area contributed by atoms with Gasteiger partial charge >= 0.3 is 0 Å². The van der Waals surface area contributed by atoms with E-state index in [0.717, 1.165) is 11.3 Å². The highest BCUT2D eigenvalue weighted by atomic mass is 16.3. The van der Waals surface area contributed by atoms with Gasteiger partial charge in [0, 0.05) is 30.4 Å². The van der Waals surface area contributed by atoms with Gasteiger partial charge in [0.1, 0.15) is 5.52 Å². The van der Waals surface area contributed by atoms with Gasteiger partial charge < -0.3 is 5.11 Å². The maximum atomic E-state index is 13.2. The number of aromatic nitrogens is 3. The van der Waals surface area contributed by atoms with Crippen molar-refractivity contribution < 1.29 is 5.11 Å². The van der Waals surface area contributed by atoms with Gasteiger partial charge in [-0.05, 0) is 56.3 Å². The summed E-state index contributed by atoms with van der Waals surface area (Å²) in [6, 6.07) is 22.4. The maximum absolute atomic E-state index is 13.2. The summed E-state index contributed by atoms with van der Waals surface area (Å²) in [6.45, 7) is 3.84. The van der Waals surface area contributed by atoms with Crippen molar-refractivity contribution >= 4 is 34.2 Å². The van der Waals surface area contributed by atoms with Crippen LogP contribution in [0.2, 0.25) is 0 Å². The van der Waals surface area contributed by atoms with E-state index >= 15 is 0 Å². The number of hydrogen-bond donors (Lipinski definition) is 1. The summed E-state index contributed by atoms with van der Waals surface area (Å²) in [5.41, 5.74) is 4.60. The Morgan fingerprint density at radius 1 is 0.944 bits per heavy atom.